The first-order valence-electron chi connectivity index (χ1n) is 3.66. The maximum atomic E-state index is 11.2. The van der Waals surface area contributed by atoms with Crippen LogP contribution in [-0.4, -0.2) is 10.8 Å². The van der Waals surface area contributed by atoms with Gasteiger partial charge in [0.15, 0.2) is 5.78 Å². The minimum Gasteiger partial charge on any atom is -0.292 e. The smallest absolute Gasteiger partial charge is 0.182 e. The molecule has 0 atom stereocenters. The maximum absolute atomic E-state index is 11.2. The Balaban J connectivity index is 2.61. The van der Waals surface area contributed by atoms with E-state index in [4.69, 9.17) is 5.26 Å². The lowest BCUT2D eigenvalue weighted by Gasteiger charge is -1.94. The number of aromatic nitrogens is 1. The molecule has 0 fully saturated rings. The normalized spacial score (nSPS) is 8.92. The van der Waals surface area contributed by atoms with Crippen molar-refractivity contribution in [1.82, 2.24) is 4.98 Å². The van der Waals surface area contributed by atoms with Gasteiger partial charge in [-0.15, -0.1) is 0 Å². The van der Waals surface area contributed by atoms with Gasteiger partial charge in [-0.25, -0.2) is 0 Å². The molecule has 60 valence electrons. The van der Waals surface area contributed by atoms with E-state index < -0.39 is 0 Å². The highest BCUT2D eigenvalue weighted by atomic mass is 16.1. The van der Waals surface area contributed by atoms with Crippen molar-refractivity contribution in [2.75, 3.05) is 0 Å². The molecule has 0 amide bonds. The fraction of sp³-hybridized carbons (Fsp3) is 0.222. The summed E-state index contributed by atoms with van der Waals surface area (Å²) < 4.78 is 0. The van der Waals surface area contributed by atoms with Crippen molar-refractivity contribution >= 4 is 5.78 Å². The highest BCUT2D eigenvalue weighted by molar-refractivity contribution is 5.94. The van der Waals surface area contributed by atoms with E-state index in [0.717, 1.165) is 0 Å². The second kappa shape index (κ2) is 4.24. The van der Waals surface area contributed by atoms with Gasteiger partial charge in [-0.2, -0.15) is 5.26 Å². The molecule has 0 spiro atoms. The third-order valence-electron chi connectivity index (χ3n) is 1.41. The van der Waals surface area contributed by atoms with Gasteiger partial charge in [0, 0.05) is 19.0 Å². The average molecular weight is 160 g/mol. The van der Waals surface area contributed by atoms with E-state index in [9.17, 15) is 4.79 Å². The van der Waals surface area contributed by atoms with Crippen molar-refractivity contribution in [1.29, 1.82) is 5.26 Å². The van der Waals surface area contributed by atoms with Gasteiger partial charge in [0.25, 0.3) is 0 Å². The van der Waals surface area contributed by atoms with Crippen molar-refractivity contribution in [2.45, 2.75) is 12.8 Å². The predicted octanol–water partition coefficient (Wildman–Crippen LogP) is 1.57. The zero-order chi connectivity index (χ0) is 8.81. The Morgan fingerprint density at radius 3 is 3.00 bits per heavy atom. The van der Waals surface area contributed by atoms with Crippen LogP contribution >= 0.6 is 0 Å². The standard InChI is InChI=1S/C9H8N2O/c10-6-3-5-9(12)8-4-1-2-7-11-8/h1-2,4,7H,3,5H2. The molecule has 1 aromatic rings. The number of rotatable bonds is 3. The molecule has 1 aromatic heterocycles. The van der Waals surface area contributed by atoms with Crippen LogP contribution in [0.2, 0.25) is 0 Å². The van der Waals surface area contributed by atoms with Crippen molar-refractivity contribution in [3.05, 3.63) is 30.1 Å². The van der Waals surface area contributed by atoms with E-state index in [-0.39, 0.29) is 18.6 Å². The number of nitrogens with zero attached hydrogens (tertiary/aromatic N) is 2. The number of ketones is 1. The number of pyridine rings is 1. The zero-order valence-corrected chi connectivity index (χ0v) is 6.53. The van der Waals surface area contributed by atoms with E-state index >= 15 is 0 Å². The Bertz CT molecular complexity index is 300. The topological polar surface area (TPSA) is 53.8 Å². The Morgan fingerprint density at radius 2 is 2.42 bits per heavy atom. The second-order valence-electron chi connectivity index (χ2n) is 2.30. The summed E-state index contributed by atoms with van der Waals surface area (Å²) in [4.78, 5) is 15.1. The molecule has 0 aromatic carbocycles. The summed E-state index contributed by atoms with van der Waals surface area (Å²) in [7, 11) is 0. The summed E-state index contributed by atoms with van der Waals surface area (Å²) in [5.74, 6) is -0.0721. The molecule has 0 bridgehead atoms. The Morgan fingerprint density at radius 1 is 1.58 bits per heavy atom. The van der Waals surface area contributed by atoms with Crippen LogP contribution in [0.25, 0.3) is 0 Å². The van der Waals surface area contributed by atoms with E-state index in [1.54, 1.807) is 24.4 Å². The van der Waals surface area contributed by atoms with Crippen molar-refractivity contribution < 1.29 is 4.79 Å². The summed E-state index contributed by atoms with van der Waals surface area (Å²) in [6, 6.07) is 7.08. The Kier molecular flexibility index (Phi) is 2.97. The van der Waals surface area contributed by atoms with Crippen LogP contribution in [0.1, 0.15) is 23.3 Å². The van der Waals surface area contributed by atoms with Crippen LogP contribution in [-0.2, 0) is 0 Å². The summed E-state index contributed by atoms with van der Waals surface area (Å²) in [6.07, 6.45) is 2.09. The van der Waals surface area contributed by atoms with Crippen molar-refractivity contribution in [3.8, 4) is 6.07 Å². The molecular weight excluding hydrogens is 152 g/mol. The van der Waals surface area contributed by atoms with Gasteiger partial charge in [-0.1, -0.05) is 6.07 Å². The molecule has 0 aliphatic carbocycles. The SMILES string of the molecule is N#CCCC(=O)c1ccccn1. The average Bonchev–Trinajstić information content (AvgIpc) is 2.15. The number of carbonyl (C=O) groups excluding carboxylic acids is 1. The predicted molar refractivity (Wildman–Crippen MR) is 43.4 cm³/mol. The summed E-state index contributed by atoms with van der Waals surface area (Å²) >= 11 is 0. The zero-order valence-electron chi connectivity index (χ0n) is 6.53. The molecule has 0 unspecified atom stereocenters. The first kappa shape index (κ1) is 8.41. The molecular formula is C9H8N2O. The van der Waals surface area contributed by atoms with E-state index in [1.165, 1.54) is 0 Å². The lowest BCUT2D eigenvalue weighted by Crippen LogP contribution is -2.00. The molecule has 3 nitrogen and oxygen atoms in total. The molecule has 0 saturated carbocycles. The highest BCUT2D eigenvalue weighted by Crippen LogP contribution is 2.00. The molecule has 3 heteroatoms. The lowest BCUT2D eigenvalue weighted by atomic mass is 10.1. The lowest BCUT2D eigenvalue weighted by molar-refractivity contribution is 0.0979. The maximum Gasteiger partial charge on any atom is 0.182 e. The third-order valence-corrected chi connectivity index (χ3v) is 1.41. The van der Waals surface area contributed by atoms with Crippen molar-refractivity contribution in [3.63, 3.8) is 0 Å². The first-order valence-corrected chi connectivity index (χ1v) is 3.66. The molecule has 0 aliphatic rings. The number of hydrogen-bond acceptors (Lipinski definition) is 3. The number of carbonyl (C=O) groups is 1. The second-order valence-corrected chi connectivity index (χ2v) is 2.30. The molecule has 0 saturated heterocycles. The molecule has 12 heavy (non-hydrogen) atoms. The van der Waals surface area contributed by atoms with Crippen LogP contribution in [0.15, 0.2) is 24.4 Å². The van der Waals surface area contributed by atoms with Gasteiger partial charge >= 0.3 is 0 Å². The quantitative estimate of drug-likeness (QED) is 0.630. The Labute approximate surface area is 70.7 Å². The summed E-state index contributed by atoms with van der Waals surface area (Å²) in [5, 5.41) is 8.24. The summed E-state index contributed by atoms with van der Waals surface area (Å²) in [5.41, 5.74) is 0.438. The van der Waals surface area contributed by atoms with E-state index in [1.807, 2.05) is 6.07 Å². The molecule has 0 N–H and O–H groups in total. The van der Waals surface area contributed by atoms with Gasteiger partial charge in [-0.3, -0.25) is 9.78 Å². The largest absolute Gasteiger partial charge is 0.292 e. The van der Waals surface area contributed by atoms with Gasteiger partial charge in [0.2, 0.25) is 0 Å². The third kappa shape index (κ3) is 2.17. The molecule has 0 aliphatic heterocycles. The minimum atomic E-state index is -0.0721. The van der Waals surface area contributed by atoms with Crippen molar-refractivity contribution in [2.24, 2.45) is 0 Å². The van der Waals surface area contributed by atoms with Crippen LogP contribution in [0.5, 0.6) is 0 Å². The number of hydrogen-bond donors (Lipinski definition) is 0. The monoisotopic (exact) mass is 160 g/mol. The highest BCUT2D eigenvalue weighted by Gasteiger charge is 2.04. The van der Waals surface area contributed by atoms with E-state index in [2.05, 4.69) is 4.98 Å². The van der Waals surface area contributed by atoms with Gasteiger partial charge in [0.1, 0.15) is 5.69 Å². The molecule has 0 radical (unpaired) electrons. The van der Waals surface area contributed by atoms with Gasteiger partial charge in [0.05, 0.1) is 6.07 Å². The van der Waals surface area contributed by atoms with Gasteiger partial charge < -0.3 is 0 Å². The minimum absolute atomic E-state index is 0.0721. The van der Waals surface area contributed by atoms with E-state index in [0.29, 0.717) is 5.69 Å². The number of nitriles is 1. The molecule has 1 rings (SSSR count). The van der Waals surface area contributed by atoms with Crippen LogP contribution in [0.3, 0.4) is 0 Å². The summed E-state index contributed by atoms with van der Waals surface area (Å²) in [6.45, 7) is 0. The fourth-order valence-corrected chi connectivity index (χ4v) is 0.825. The fourth-order valence-electron chi connectivity index (χ4n) is 0.825. The molecule has 1 heterocycles. The van der Waals surface area contributed by atoms with Crippen LogP contribution in [0, 0.1) is 11.3 Å². The number of Topliss-reactive ketones (excluding diaryl/α,β-unsaturated/α-hetero) is 1. The van der Waals surface area contributed by atoms with Crippen LogP contribution in [0.4, 0.5) is 0 Å². The first-order chi connectivity index (χ1) is 5.84. The Hall–Kier alpha value is -1.69. The van der Waals surface area contributed by atoms with Gasteiger partial charge in [-0.05, 0) is 12.1 Å². The van der Waals surface area contributed by atoms with Crippen LogP contribution < -0.4 is 0 Å².